The summed E-state index contributed by atoms with van der Waals surface area (Å²) in [5.41, 5.74) is 6.17. The van der Waals surface area contributed by atoms with Crippen LogP contribution in [0.5, 0.6) is 5.75 Å². The van der Waals surface area contributed by atoms with E-state index in [0.717, 1.165) is 0 Å². The number of nitrogens with one attached hydrogen (secondary N) is 1. The van der Waals surface area contributed by atoms with Crippen LogP contribution in [-0.4, -0.2) is 31.5 Å². The van der Waals surface area contributed by atoms with Crippen molar-refractivity contribution in [1.29, 1.82) is 0 Å². The molecule has 2 aromatic carbocycles. The van der Waals surface area contributed by atoms with E-state index in [2.05, 4.69) is 5.32 Å². The number of esters is 1. The van der Waals surface area contributed by atoms with Crippen LogP contribution in [0.4, 0.5) is 5.69 Å². The molecule has 7 nitrogen and oxygen atoms in total. The van der Waals surface area contributed by atoms with Gasteiger partial charge in [0.2, 0.25) is 5.91 Å². The van der Waals surface area contributed by atoms with Crippen LogP contribution in [0.15, 0.2) is 48.5 Å². The second kappa shape index (κ2) is 7.77. The number of methoxy groups -OCH3 is 1. The molecule has 0 saturated heterocycles. The Kier molecular flexibility index (Phi) is 5.51. The maximum absolute atomic E-state index is 11.8. The van der Waals surface area contributed by atoms with E-state index in [4.69, 9.17) is 15.2 Å². The Morgan fingerprint density at radius 1 is 0.958 bits per heavy atom. The first-order valence-corrected chi connectivity index (χ1v) is 7.00. The molecule has 0 radical (unpaired) electrons. The minimum Gasteiger partial charge on any atom is -0.497 e. The van der Waals surface area contributed by atoms with E-state index in [9.17, 15) is 14.4 Å². The molecule has 7 heteroatoms. The van der Waals surface area contributed by atoms with Crippen LogP contribution in [0.25, 0.3) is 0 Å². The number of rotatable bonds is 6. The van der Waals surface area contributed by atoms with Crippen LogP contribution < -0.4 is 15.8 Å². The van der Waals surface area contributed by atoms with Crippen LogP contribution in [-0.2, 0) is 9.53 Å². The number of benzene rings is 2. The maximum Gasteiger partial charge on any atom is 0.338 e. The van der Waals surface area contributed by atoms with E-state index < -0.39 is 24.4 Å². The van der Waals surface area contributed by atoms with Crippen molar-refractivity contribution in [3.63, 3.8) is 0 Å². The lowest BCUT2D eigenvalue weighted by Crippen LogP contribution is -2.21. The van der Waals surface area contributed by atoms with Gasteiger partial charge in [-0.05, 0) is 48.5 Å². The molecule has 2 amide bonds. The normalized spacial score (nSPS) is 9.88. The minimum atomic E-state index is -0.670. The first-order chi connectivity index (χ1) is 11.5. The number of amides is 2. The first kappa shape index (κ1) is 17.0. The van der Waals surface area contributed by atoms with E-state index in [-0.39, 0.29) is 11.1 Å². The Labute approximate surface area is 138 Å². The smallest absolute Gasteiger partial charge is 0.338 e. The summed E-state index contributed by atoms with van der Waals surface area (Å²) in [5, 5.41) is 2.59. The highest BCUT2D eigenvalue weighted by Crippen LogP contribution is 2.14. The number of carbonyl (C=O) groups is 3. The fraction of sp³-hybridized carbons (Fsp3) is 0.118. The van der Waals surface area contributed by atoms with Crippen molar-refractivity contribution in [2.45, 2.75) is 0 Å². The van der Waals surface area contributed by atoms with Crippen molar-refractivity contribution in [3.8, 4) is 5.75 Å². The number of hydrogen-bond donors (Lipinski definition) is 2. The van der Waals surface area contributed by atoms with Gasteiger partial charge >= 0.3 is 5.97 Å². The number of carbonyl (C=O) groups excluding carboxylic acids is 3. The predicted molar refractivity (Wildman–Crippen MR) is 86.9 cm³/mol. The molecule has 0 bridgehead atoms. The highest BCUT2D eigenvalue weighted by atomic mass is 16.5. The molecule has 0 aliphatic carbocycles. The van der Waals surface area contributed by atoms with Crippen LogP contribution in [0.2, 0.25) is 0 Å². The topological polar surface area (TPSA) is 108 Å². The Morgan fingerprint density at radius 3 is 2.08 bits per heavy atom. The third-order valence-electron chi connectivity index (χ3n) is 3.11. The van der Waals surface area contributed by atoms with Gasteiger partial charge in [0.15, 0.2) is 6.61 Å². The van der Waals surface area contributed by atoms with Crippen molar-refractivity contribution in [3.05, 3.63) is 59.7 Å². The average Bonchev–Trinajstić information content (AvgIpc) is 2.60. The Morgan fingerprint density at radius 2 is 1.54 bits per heavy atom. The first-order valence-electron chi connectivity index (χ1n) is 7.00. The van der Waals surface area contributed by atoms with Gasteiger partial charge in [-0.3, -0.25) is 9.59 Å². The standard InChI is InChI=1S/C17H16N2O5/c1-23-14-8-6-13(7-9-14)19-15(20)10-24-17(22)12-4-2-11(3-5-12)16(18)21/h2-9H,10H2,1H3,(H2,18,21)(H,19,20). The summed E-state index contributed by atoms with van der Waals surface area (Å²) in [6.07, 6.45) is 0. The fourth-order valence-electron chi connectivity index (χ4n) is 1.86. The van der Waals surface area contributed by atoms with Gasteiger partial charge in [0, 0.05) is 11.3 Å². The lowest BCUT2D eigenvalue weighted by Gasteiger charge is -2.07. The minimum absolute atomic E-state index is 0.220. The van der Waals surface area contributed by atoms with E-state index in [1.54, 1.807) is 31.4 Å². The van der Waals surface area contributed by atoms with Crippen LogP contribution >= 0.6 is 0 Å². The summed E-state index contributed by atoms with van der Waals surface area (Å²) >= 11 is 0. The lowest BCUT2D eigenvalue weighted by atomic mass is 10.1. The highest BCUT2D eigenvalue weighted by Gasteiger charge is 2.11. The van der Waals surface area contributed by atoms with Gasteiger partial charge in [0.1, 0.15) is 5.75 Å². The summed E-state index contributed by atoms with van der Waals surface area (Å²) in [6.45, 7) is -0.428. The number of nitrogens with two attached hydrogens (primary N) is 1. The largest absolute Gasteiger partial charge is 0.497 e. The summed E-state index contributed by atoms with van der Waals surface area (Å²) in [5.74, 6) is -1.06. The monoisotopic (exact) mass is 328 g/mol. The highest BCUT2D eigenvalue weighted by molar-refractivity contribution is 5.97. The van der Waals surface area contributed by atoms with Crippen molar-refractivity contribution < 1.29 is 23.9 Å². The number of anilines is 1. The Balaban J connectivity index is 1.86. The zero-order chi connectivity index (χ0) is 17.5. The van der Waals surface area contributed by atoms with Gasteiger partial charge in [-0.25, -0.2) is 4.79 Å². The van der Waals surface area contributed by atoms with E-state index in [1.165, 1.54) is 24.3 Å². The lowest BCUT2D eigenvalue weighted by molar-refractivity contribution is -0.119. The molecular weight excluding hydrogens is 312 g/mol. The van der Waals surface area contributed by atoms with Gasteiger partial charge in [0.25, 0.3) is 5.91 Å². The SMILES string of the molecule is COc1ccc(NC(=O)COC(=O)c2ccc(C(N)=O)cc2)cc1. The predicted octanol–water partition coefficient (Wildman–Crippen LogP) is 1.59. The molecule has 24 heavy (non-hydrogen) atoms. The molecule has 2 rings (SSSR count). The molecule has 3 N–H and O–H groups in total. The molecule has 0 aliphatic rings. The number of ether oxygens (including phenoxy) is 2. The quantitative estimate of drug-likeness (QED) is 0.783. The van der Waals surface area contributed by atoms with Crippen LogP contribution in [0.3, 0.4) is 0 Å². The van der Waals surface area contributed by atoms with Crippen molar-refractivity contribution in [2.24, 2.45) is 5.73 Å². The number of hydrogen-bond acceptors (Lipinski definition) is 5. The van der Waals surface area contributed by atoms with Gasteiger partial charge in [-0.2, -0.15) is 0 Å². The van der Waals surface area contributed by atoms with Crippen LogP contribution in [0, 0.1) is 0 Å². The molecule has 0 atom stereocenters. The zero-order valence-electron chi connectivity index (χ0n) is 12.9. The maximum atomic E-state index is 11.8. The van der Waals surface area contributed by atoms with Gasteiger partial charge in [-0.15, -0.1) is 0 Å². The average molecular weight is 328 g/mol. The summed E-state index contributed by atoms with van der Waals surface area (Å²) < 4.78 is 9.93. The Hall–Kier alpha value is -3.35. The molecule has 2 aromatic rings. The summed E-state index contributed by atoms with van der Waals surface area (Å²) in [4.78, 5) is 34.6. The second-order valence-electron chi connectivity index (χ2n) is 4.79. The molecular formula is C17H16N2O5. The molecule has 0 aliphatic heterocycles. The number of primary amides is 1. The molecule has 0 aromatic heterocycles. The Bertz CT molecular complexity index is 739. The molecule has 0 heterocycles. The van der Waals surface area contributed by atoms with E-state index in [1.807, 2.05) is 0 Å². The van der Waals surface area contributed by atoms with Crippen molar-refractivity contribution in [2.75, 3.05) is 19.0 Å². The van der Waals surface area contributed by atoms with Crippen molar-refractivity contribution in [1.82, 2.24) is 0 Å². The van der Waals surface area contributed by atoms with Gasteiger partial charge in [-0.1, -0.05) is 0 Å². The molecule has 0 spiro atoms. The fourth-order valence-corrected chi connectivity index (χ4v) is 1.86. The van der Waals surface area contributed by atoms with Crippen LogP contribution in [0.1, 0.15) is 20.7 Å². The molecule has 124 valence electrons. The van der Waals surface area contributed by atoms with Crippen molar-refractivity contribution >= 4 is 23.5 Å². The zero-order valence-corrected chi connectivity index (χ0v) is 12.9. The van der Waals surface area contributed by atoms with E-state index in [0.29, 0.717) is 11.4 Å². The van der Waals surface area contributed by atoms with E-state index >= 15 is 0 Å². The molecule has 0 fully saturated rings. The third-order valence-corrected chi connectivity index (χ3v) is 3.11. The summed E-state index contributed by atoms with van der Waals surface area (Å²) in [7, 11) is 1.54. The van der Waals surface area contributed by atoms with Gasteiger partial charge in [0.05, 0.1) is 12.7 Å². The van der Waals surface area contributed by atoms with Gasteiger partial charge < -0.3 is 20.5 Å². The summed E-state index contributed by atoms with van der Waals surface area (Å²) in [6, 6.07) is 12.4. The molecule has 0 saturated carbocycles. The third kappa shape index (κ3) is 4.57. The molecule has 0 unspecified atom stereocenters. The second-order valence-corrected chi connectivity index (χ2v) is 4.79.